The molecular formula is C11H17N3O3. The van der Waals surface area contributed by atoms with Crippen molar-refractivity contribution in [3.8, 4) is 0 Å². The summed E-state index contributed by atoms with van der Waals surface area (Å²) in [5.41, 5.74) is 0.0365. The summed E-state index contributed by atoms with van der Waals surface area (Å²) in [6, 6.07) is 2.77. The summed E-state index contributed by atoms with van der Waals surface area (Å²) in [7, 11) is 0. The van der Waals surface area contributed by atoms with Gasteiger partial charge in [-0.1, -0.05) is 13.3 Å². The molecule has 6 heteroatoms. The third kappa shape index (κ3) is 5.26. The molecule has 0 amide bonds. The minimum absolute atomic E-state index is 0.0365. The van der Waals surface area contributed by atoms with E-state index < -0.39 is 4.92 Å². The molecule has 1 rings (SSSR count). The minimum Gasteiger partial charge on any atom is -0.380 e. The van der Waals surface area contributed by atoms with Crippen LogP contribution in [0.15, 0.2) is 18.3 Å². The van der Waals surface area contributed by atoms with Crippen LogP contribution < -0.4 is 5.32 Å². The van der Waals surface area contributed by atoms with E-state index in [0.717, 1.165) is 19.4 Å². The maximum absolute atomic E-state index is 10.5. The van der Waals surface area contributed by atoms with Crippen molar-refractivity contribution < 1.29 is 9.66 Å². The van der Waals surface area contributed by atoms with Crippen molar-refractivity contribution in [2.75, 3.05) is 25.1 Å². The third-order valence-corrected chi connectivity index (χ3v) is 2.15. The van der Waals surface area contributed by atoms with Crippen molar-refractivity contribution in [3.05, 3.63) is 28.4 Å². The average molecular weight is 239 g/mol. The summed E-state index contributed by atoms with van der Waals surface area (Å²) >= 11 is 0. The summed E-state index contributed by atoms with van der Waals surface area (Å²) in [4.78, 5) is 14.1. The third-order valence-electron chi connectivity index (χ3n) is 2.15. The van der Waals surface area contributed by atoms with Gasteiger partial charge in [-0.05, 0) is 6.42 Å². The van der Waals surface area contributed by atoms with Gasteiger partial charge in [-0.3, -0.25) is 10.1 Å². The number of pyridine rings is 1. The van der Waals surface area contributed by atoms with Crippen LogP contribution in [0.1, 0.15) is 19.8 Å². The van der Waals surface area contributed by atoms with Crippen LogP contribution >= 0.6 is 0 Å². The fourth-order valence-electron chi connectivity index (χ4n) is 1.23. The Morgan fingerprint density at radius 3 is 3.06 bits per heavy atom. The van der Waals surface area contributed by atoms with Crippen LogP contribution in [0.25, 0.3) is 0 Å². The second-order valence-corrected chi connectivity index (χ2v) is 3.55. The van der Waals surface area contributed by atoms with E-state index in [0.29, 0.717) is 19.0 Å². The molecule has 0 radical (unpaired) electrons. The van der Waals surface area contributed by atoms with E-state index in [2.05, 4.69) is 17.2 Å². The predicted octanol–water partition coefficient (Wildman–Crippen LogP) is 2.22. The van der Waals surface area contributed by atoms with Gasteiger partial charge in [-0.15, -0.1) is 0 Å². The maximum Gasteiger partial charge on any atom is 0.274 e. The highest BCUT2D eigenvalue weighted by Crippen LogP contribution is 2.13. The number of nitrogens with one attached hydrogen (secondary N) is 1. The first-order valence-corrected chi connectivity index (χ1v) is 5.66. The van der Waals surface area contributed by atoms with Crippen molar-refractivity contribution in [2.24, 2.45) is 0 Å². The first-order chi connectivity index (χ1) is 8.24. The molecule has 0 bridgehead atoms. The Hall–Kier alpha value is -1.69. The van der Waals surface area contributed by atoms with E-state index in [1.807, 2.05) is 0 Å². The van der Waals surface area contributed by atoms with Crippen LogP contribution in [-0.2, 0) is 4.74 Å². The molecule has 1 aromatic heterocycles. The lowest BCUT2D eigenvalue weighted by atomic mass is 10.4. The highest BCUT2D eigenvalue weighted by Gasteiger charge is 2.05. The molecule has 1 heterocycles. The minimum atomic E-state index is -0.440. The normalized spacial score (nSPS) is 10.2. The number of hydrogen-bond acceptors (Lipinski definition) is 5. The zero-order chi connectivity index (χ0) is 12.5. The number of anilines is 1. The second kappa shape index (κ2) is 7.56. The molecule has 0 saturated heterocycles. The van der Waals surface area contributed by atoms with E-state index in [1.54, 1.807) is 0 Å². The molecule has 0 unspecified atom stereocenters. The van der Waals surface area contributed by atoms with Gasteiger partial charge in [0.25, 0.3) is 5.69 Å². The van der Waals surface area contributed by atoms with Gasteiger partial charge in [0.2, 0.25) is 0 Å². The van der Waals surface area contributed by atoms with Crippen LogP contribution in [0.4, 0.5) is 11.5 Å². The molecule has 1 N–H and O–H groups in total. The highest BCUT2D eigenvalue weighted by atomic mass is 16.6. The lowest BCUT2D eigenvalue weighted by Crippen LogP contribution is -2.11. The van der Waals surface area contributed by atoms with E-state index in [-0.39, 0.29) is 5.69 Å². The topological polar surface area (TPSA) is 77.3 Å². The SMILES string of the molecule is CCCCOCCNc1cc([N+](=O)[O-])ccn1. The molecule has 0 aliphatic carbocycles. The Kier molecular flexibility index (Phi) is 5.95. The van der Waals surface area contributed by atoms with E-state index in [1.165, 1.54) is 18.3 Å². The predicted molar refractivity (Wildman–Crippen MR) is 65.1 cm³/mol. The van der Waals surface area contributed by atoms with Gasteiger partial charge in [-0.25, -0.2) is 4.98 Å². The lowest BCUT2D eigenvalue weighted by molar-refractivity contribution is -0.384. The number of unbranched alkanes of at least 4 members (excludes halogenated alkanes) is 1. The Labute approximate surface area is 100 Å². The number of nitrogens with zero attached hydrogens (tertiary/aromatic N) is 2. The fraction of sp³-hybridized carbons (Fsp3) is 0.545. The molecule has 0 atom stereocenters. The monoisotopic (exact) mass is 239 g/mol. The second-order valence-electron chi connectivity index (χ2n) is 3.55. The number of rotatable bonds is 8. The standard InChI is InChI=1S/C11H17N3O3/c1-2-3-7-17-8-6-13-11-9-10(14(15)16)4-5-12-11/h4-5,9H,2-3,6-8H2,1H3,(H,12,13). The van der Waals surface area contributed by atoms with Crippen molar-refractivity contribution in [1.82, 2.24) is 4.98 Å². The molecule has 0 fully saturated rings. The number of aromatic nitrogens is 1. The first-order valence-electron chi connectivity index (χ1n) is 5.66. The largest absolute Gasteiger partial charge is 0.380 e. The molecule has 94 valence electrons. The summed E-state index contributed by atoms with van der Waals surface area (Å²) in [6.45, 7) is 4.03. The lowest BCUT2D eigenvalue weighted by Gasteiger charge is -2.05. The van der Waals surface area contributed by atoms with Crippen LogP contribution in [0.2, 0.25) is 0 Å². The molecule has 0 saturated carbocycles. The Morgan fingerprint density at radius 2 is 2.35 bits per heavy atom. The summed E-state index contributed by atoms with van der Waals surface area (Å²) < 4.78 is 5.35. The molecular weight excluding hydrogens is 222 g/mol. The quantitative estimate of drug-likeness (QED) is 0.427. The molecule has 6 nitrogen and oxygen atoms in total. The van der Waals surface area contributed by atoms with Gasteiger partial charge in [0.1, 0.15) is 5.82 Å². The Bertz CT molecular complexity index is 358. The smallest absolute Gasteiger partial charge is 0.274 e. The summed E-state index contributed by atoms with van der Waals surface area (Å²) in [6.07, 6.45) is 3.58. The van der Waals surface area contributed by atoms with Gasteiger partial charge in [0.05, 0.1) is 17.6 Å². The van der Waals surface area contributed by atoms with E-state index in [9.17, 15) is 10.1 Å². The highest BCUT2D eigenvalue weighted by molar-refractivity contribution is 5.44. The summed E-state index contributed by atoms with van der Waals surface area (Å²) in [5.74, 6) is 0.498. The molecule has 0 aromatic carbocycles. The maximum atomic E-state index is 10.5. The zero-order valence-electron chi connectivity index (χ0n) is 9.89. The van der Waals surface area contributed by atoms with E-state index >= 15 is 0 Å². The van der Waals surface area contributed by atoms with Gasteiger partial charge >= 0.3 is 0 Å². The van der Waals surface area contributed by atoms with Crippen LogP contribution in [-0.4, -0.2) is 29.7 Å². The summed E-state index contributed by atoms with van der Waals surface area (Å²) in [5, 5.41) is 13.5. The van der Waals surface area contributed by atoms with Crippen molar-refractivity contribution in [1.29, 1.82) is 0 Å². The Balaban J connectivity index is 2.27. The van der Waals surface area contributed by atoms with Crippen molar-refractivity contribution in [2.45, 2.75) is 19.8 Å². The fourth-order valence-corrected chi connectivity index (χ4v) is 1.23. The Morgan fingerprint density at radius 1 is 1.53 bits per heavy atom. The molecule has 1 aromatic rings. The van der Waals surface area contributed by atoms with Crippen LogP contribution in [0, 0.1) is 10.1 Å². The number of hydrogen-bond donors (Lipinski definition) is 1. The molecule has 0 aliphatic rings. The van der Waals surface area contributed by atoms with Gasteiger partial charge in [0, 0.05) is 25.4 Å². The zero-order valence-corrected chi connectivity index (χ0v) is 9.89. The van der Waals surface area contributed by atoms with Gasteiger partial charge in [-0.2, -0.15) is 0 Å². The number of ether oxygens (including phenoxy) is 1. The molecule has 0 spiro atoms. The first kappa shape index (κ1) is 13.4. The molecule has 0 aliphatic heterocycles. The van der Waals surface area contributed by atoms with Gasteiger partial charge < -0.3 is 10.1 Å². The average Bonchev–Trinajstić information content (AvgIpc) is 2.34. The van der Waals surface area contributed by atoms with E-state index in [4.69, 9.17) is 4.74 Å². The van der Waals surface area contributed by atoms with Crippen molar-refractivity contribution in [3.63, 3.8) is 0 Å². The molecule has 17 heavy (non-hydrogen) atoms. The van der Waals surface area contributed by atoms with Crippen LogP contribution in [0.3, 0.4) is 0 Å². The number of nitro groups is 1. The van der Waals surface area contributed by atoms with Crippen LogP contribution in [0.5, 0.6) is 0 Å². The van der Waals surface area contributed by atoms with Gasteiger partial charge in [0.15, 0.2) is 0 Å². The van der Waals surface area contributed by atoms with Crippen molar-refractivity contribution >= 4 is 11.5 Å².